The highest BCUT2D eigenvalue weighted by molar-refractivity contribution is 6.35. The van der Waals surface area contributed by atoms with Gasteiger partial charge in [0.15, 0.2) is 0 Å². The summed E-state index contributed by atoms with van der Waals surface area (Å²) in [5.41, 5.74) is 0. The number of amides is 1. The second-order valence-corrected chi connectivity index (χ2v) is 6.39. The molecule has 2 rings (SSSR count). The van der Waals surface area contributed by atoms with Crippen molar-refractivity contribution in [1.29, 1.82) is 0 Å². The molecule has 1 aromatic rings. The van der Waals surface area contributed by atoms with Gasteiger partial charge in [-0.3, -0.25) is 4.79 Å². The van der Waals surface area contributed by atoms with Crippen molar-refractivity contribution in [1.82, 2.24) is 10.6 Å². The molecule has 0 radical (unpaired) electrons. The van der Waals surface area contributed by atoms with Crippen LogP contribution in [0.4, 0.5) is 0 Å². The third-order valence-electron chi connectivity index (χ3n) is 3.69. The minimum atomic E-state index is 0.0800. The number of hydrogen-bond donors (Lipinski definition) is 2. The third-order valence-corrected chi connectivity index (χ3v) is 4.22. The molecule has 1 aromatic carbocycles. The SMILES string of the molecule is O=C(CCCOc1ccc(Cl)cc1Cl)NCC1CCCNC1. The second kappa shape index (κ2) is 9.23. The molecule has 1 heterocycles. The summed E-state index contributed by atoms with van der Waals surface area (Å²) < 4.78 is 5.56. The van der Waals surface area contributed by atoms with Crippen LogP contribution in [0.25, 0.3) is 0 Å². The standard InChI is InChI=1S/C16H22Cl2N2O2/c17-13-5-6-15(14(18)9-13)22-8-2-4-16(21)20-11-12-3-1-7-19-10-12/h5-6,9,12,19H,1-4,7-8,10-11H2,(H,20,21). The van der Waals surface area contributed by atoms with Gasteiger partial charge in [-0.2, -0.15) is 0 Å². The molecule has 0 spiro atoms. The molecule has 4 nitrogen and oxygen atoms in total. The molecule has 0 saturated carbocycles. The number of piperidine rings is 1. The number of rotatable bonds is 7. The summed E-state index contributed by atoms with van der Waals surface area (Å²) in [7, 11) is 0. The van der Waals surface area contributed by atoms with Crippen molar-refractivity contribution in [3.8, 4) is 5.75 Å². The van der Waals surface area contributed by atoms with Crippen LogP contribution in [0.3, 0.4) is 0 Å². The monoisotopic (exact) mass is 344 g/mol. The fourth-order valence-electron chi connectivity index (χ4n) is 2.45. The van der Waals surface area contributed by atoms with Gasteiger partial charge in [-0.1, -0.05) is 23.2 Å². The molecule has 1 aliphatic heterocycles. The van der Waals surface area contributed by atoms with E-state index in [1.165, 1.54) is 12.8 Å². The maximum absolute atomic E-state index is 11.8. The maximum atomic E-state index is 11.8. The van der Waals surface area contributed by atoms with E-state index < -0.39 is 0 Å². The fraction of sp³-hybridized carbons (Fsp3) is 0.562. The van der Waals surface area contributed by atoms with Gasteiger partial charge in [0.05, 0.1) is 11.6 Å². The molecule has 6 heteroatoms. The van der Waals surface area contributed by atoms with Crippen molar-refractivity contribution in [3.05, 3.63) is 28.2 Å². The molecular formula is C16H22Cl2N2O2. The van der Waals surface area contributed by atoms with E-state index in [2.05, 4.69) is 10.6 Å². The van der Waals surface area contributed by atoms with Gasteiger partial charge in [0.25, 0.3) is 0 Å². The molecule has 22 heavy (non-hydrogen) atoms. The van der Waals surface area contributed by atoms with E-state index in [4.69, 9.17) is 27.9 Å². The molecule has 0 aromatic heterocycles. The first kappa shape index (κ1) is 17.4. The maximum Gasteiger partial charge on any atom is 0.220 e. The largest absolute Gasteiger partial charge is 0.492 e. The average molecular weight is 345 g/mol. The van der Waals surface area contributed by atoms with Crippen molar-refractivity contribution < 1.29 is 9.53 Å². The van der Waals surface area contributed by atoms with Gasteiger partial charge in [0.1, 0.15) is 5.75 Å². The third kappa shape index (κ3) is 6.03. The number of nitrogens with one attached hydrogen (secondary N) is 2. The van der Waals surface area contributed by atoms with Crippen LogP contribution in [0, 0.1) is 5.92 Å². The fourth-order valence-corrected chi connectivity index (χ4v) is 2.91. The summed E-state index contributed by atoms with van der Waals surface area (Å²) in [6, 6.07) is 5.11. The van der Waals surface area contributed by atoms with Crippen LogP contribution in [0.1, 0.15) is 25.7 Å². The van der Waals surface area contributed by atoms with Crippen LogP contribution in [-0.2, 0) is 4.79 Å². The van der Waals surface area contributed by atoms with Crippen LogP contribution < -0.4 is 15.4 Å². The zero-order valence-electron chi connectivity index (χ0n) is 12.5. The van der Waals surface area contributed by atoms with Crippen LogP contribution in [0.2, 0.25) is 10.0 Å². The number of carbonyl (C=O) groups is 1. The summed E-state index contributed by atoms with van der Waals surface area (Å²) >= 11 is 11.8. The van der Waals surface area contributed by atoms with Crippen LogP contribution >= 0.6 is 23.2 Å². The topological polar surface area (TPSA) is 50.4 Å². The van der Waals surface area contributed by atoms with E-state index in [1.54, 1.807) is 18.2 Å². The van der Waals surface area contributed by atoms with Gasteiger partial charge >= 0.3 is 0 Å². The molecule has 2 N–H and O–H groups in total. The Morgan fingerprint density at radius 1 is 1.41 bits per heavy atom. The Morgan fingerprint density at radius 3 is 3.00 bits per heavy atom. The number of benzene rings is 1. The molecule has 1 aliphatic rings. The highest BCUT2D eigenvalue weighted by Gasteiger charge is 2.13. The number of ether oxygens (including phenoxy) is 1. The lowest BCUT2D eigenvalue weighted by Crippen LogP contribution is -2.38. The van der Waals surface area contributed by atoms with Gasteiger partial charge in [-0.15, -0.1) is 0 Å². The second-order valence-electron chi connectivity index (χ2n) is 5.54. The first-order chi connectivity index (χ1) is 10.6. The van der Waals surface area contributed by atoms with E-state index in [9.17, 15) is 4.79 Å². The van der Waals surface area contributed by atoms with E-state index in [0.717, 1.165) is 19.6 Å². The Labute approximate surface area is 141 Å². The van der Waals surface area contributed by atoms with Gasteiger partial charge < -0.3 is 15.4 Å². The lowest BCUT2D eigenvalue weighted by molar-refractivity contribution is -0.121. The van der Waals surface area contributed by atoms with Crippen molar-refractivity contribution in [2.75, 3.05) is 26.2 Å². The molecule has 1 amide bonds. The van der Waals surface area contributed by atoms with Crippen LogP contribution in [0.15, 0.2) is 18.2 Å². The lowest BCUT2D eigenvalue weighted by atomic mass is 10.00. The predicted molar refractivity (Wildman–Crippen MR) is 89.8 cm³/mol. The Balaban J connectivity index is 1.58. The Kier molecular flexibility index (Phi) is 7.30. The van der Waals surface area contributed by atoms with Gasteiger partial charge in [0.2, 0.25) is 5.91 Å². The normalized spacial score (nSPS) is 18.0. The van der Waals surface area contributed by atoms with Crippen molar-refractivity contribution >= 4 is 29.1 Å². The summed E-state index contributed by atoms with van der Waals surface area (Å²) in [5.74, 6) is 1.23. The first-order valence-corrected chi connectivity index (χ1v) is 8.46. The van der Waals surface area contributed by atoms with Crippen molar-refractivity contribution in [2.45, 2.75) is 25.7 Å². The highest BCUT2D eigenvalue weighted by atomic mass is 35.5. The average Bonchev–Trinajstić information content (AvgIpc) is 2.52. The van der Waals surface area contributed by atoms with Crippen molar-refractivity contribution in [2.24, 2.45) is 5.92 Å². The highest BCUT2D eigenvalue weighted by Crippen LogP contribution is 2.27. The van der Waals surface area contributed by atoms with E-state index in [0.29, 0.717) is 41.2 Å². The zero-order valence-corrected chi connectivity index (χ0v) is 14.1. The summed E-state index contributed by atoms with van der Waals surface area (Å²) in [4.78, 5) is 11.8. The Hall–Kier alpha value is -0.970. The quantitative estimate of drug-likeness (QED) is 0.746. The number of hydrogen-bond acceptors (Lipinski definition) is 3. The summed E-state index contributed by atoms with van der Waals surface area (Å²) in [6.07, 6.45) is 3.50. The smallest absolute Gasteiger partial charge is 0.220 e. The minimum absolute atomic E-state index is 0.0800. The molecule has 1 saturated heterocycles. The Bertz CT molecular complexity index is 491. The first-order valence-electron chi connectivity index (χ1n) is 7.70. The van der Waals surface area contributed by atoms with Gasteiger partial charge in [0, 0.05) is 18.0 Å². The molecule has 122 valence electrons. The lowest BCUT2D eigenvalue weighted by Gasteiger charge is -2.22. The molecular weight excluding hydrogens is 323 g/mol. The van der Waals surface area contributed by atoms with Crippen molar-refractivity contribution in [3.63, 3.8) is 0 Å². The molecule has 0 bridgehead atoms. The van der Waals surface area contributed by atoms with Gasteiger partial charge in [-0.05, 0) is 56.5 Å². The van der Waals surface area contributed by atoms with E-state index in [1.807, 2.05) is 0 Å². The van der Waals surface area contributed by atoms with E-state index in [-0.39, 0.29) is 5.91 Å². The Morgan fingerprint density at radius 2 is 2.27 bits per heavy atom. The summed E-state index contributed by atoms with van der Waals surface area (Å²) in [5, 5.41) is 7.40. The minimum Gasteiger partial charge on any atom is -0.492 e. The number of carbonyl (C=O) groups excluding carboxylic acids is 1. The molecule has 1 atom stereocenters. The predicted octanol–water partition coefficient (Wildman–Crippen LogP) is 3.27. The molecule has 1 fully saturated rings. The van der Waals surface area contributed by atoms with Gasteiger partial charge in [-0.25, -0.2) is 0 Å². The van der Waals surface area contributed by atoms with Crippen LogP contribution in [0.5, 0.6) is 5.75 Å². The number of halogens is 2. The van der Waals surface area contributed by atoms with E-state index >= 15 is 0 Å². The summed E-state index contributed by atoms with van der Waals surface area (Å²) in [6.45, 7) is 3.31. The molecule has 0 aliphatic carbocycles. The zero-order chi connectivity index (χ0) is 15.8. The van der Waals surface area contributed by atoms with Crippen LogP contribution in [-0.4, -0.2) is 32.1 Å². The molecule has 1 unspecified atom stereocenters.